The van der Waals surface area contributed by atoms with Gasteiger partial charge in [0.25, 0.3) is 5.91 Å². The summed E-state index contributed by atoms with van der Waals surface area (Å²) in [6, 6.07) is 12.2. The number of hydrogen-bond donors (Lipinski definition) is 1. The van der Waals surface area contributed by atoms with E-state index < -0.39 is 11.9 Å². The number of hydrogen-bond acceptors (Lipinski definition) is 6. The highest BCUT2D eigenvalue weighted by atomic mass is 35.5. The van der Waals surface area contributed by atoms with Crippen LogP contribution in [0.1, 0.15) is 5.56 Å². The van der Waals surface area contributed by atoms with Crippen LogP contribution >= 0.6 is 11.6 Å². The largest absolute Gasteiger partial charge is 0.492 e. The Morgan fingerprint density at radius 2 is 1.89 bits per heavy atom. The molecule has 0 unspecified atom stereocenters. The molecular weight excluding hydrogens is 386 g/mol. The Kier molecular flexibility index (Phi) is 6.75. The van der Waals surface area contributed by atoms with Gasteiger partial charge in [-0.15, -0.1) is 0 Å². The molecule has 1 N–H and O–H groups in total. The molecule has 0 bridgehead atoms. The molecule has 0 saturated heterocycles. The molecule has 0 saturated carbocycles. The standard InChI is InChI=1S/C20H18ClNO6/c21-15-3-5-16(6-4-15)25-10-9-22-19(23)12-26-20(24)8-2-14-1-7-17-18(11-14)28-13-27-17/h1-8,11H,9-10,12-13H2,(H,22,23)/b8-2+. The number of ether oxygens (including phenoxy) is 4. The lowest BCUT2D eigenvalue weighted by atomic mass is 10.2. The van der Waals surface area contributed by atoms with E-state index in [1.807, 2.05) is 0 Å². The monoisotopic (exact) mass is 403 g/mol. The molecule has 7 nitrogen and oxygen atoms in total. The number of nitrogens with one attached hydrogen (secondary N) is 1. The summed E-state index contributed by atoms with van der Waals surface area (Å²) < 4.78 is 20.8. The molecule has 3 rings (SSSR count). The van der Waals surface area contributed by atoms with E-state index in [1.165, 1.54) is 6.08 Å². The lowest BCUT2D eigenvalue weighted by molar-refractivity contribution is -0.143. The first-order valence-electron chi connectivity index (χ1n) is 8.50. The summed E-state index contributed by atoms with van der Waals surface area (Å²) in [5.74, 6) is 0.903. The molecule has 0 atom stereocenters. The van der Waals surface area contributed by atoms with Gasteiger partial charge >= 0.3 is 5.97 Å². The number of esters is 1. The normalized spacial score (nSPS) is 12.0. The van der Waals surface area contributed by atoms with Crippen molar-refractivity contribution in [2.24, 2.45) is 0 Å². The maximum Gasteiger partial charge on any atom is 0.331 e. The first-order chi connectivity index (χ1) is 13.6. The van der Waals surface area contributed by atoms with E-state index in [2.05, 4.69) is 5.32 Å². The third-order valence-electron chi connectivity index (χ3n) is 3.66. The van der Waals surface area contributed by atoms with Crippen LogP contribution in [0.5, 0.6) is 17.2 Å². The van der Waals surface area contributed by atoms with E-state index in [0.29, 0.717) is 22.3 Å². The predicted octanol–water partition coefficient (Wildman–Crippen LogP) is 2.82. The molecule has 8 heteroatoms. The van der Waals surface area contributed by atoms with Crippen molar-refractivity contribution in [3.05, 3.63) is 59.1 Å². The minimum Gasteiger partial charge on any atom is -0.492 e. The van der Waals surface area contributed by atoms with E-state index in [1.54, 1.807) is 48.5 Å². The summed E-state index contributed by atoms with van der Waals surface area (Å²) in [5.41, 5.74) is 0.755. The van der Waals surface area contributed by atoms with Crippen LogP contribution in [0.4, 0.5) is 0 Å². The third-order valence-corrected chi connectivity index (χ3v) is 3.91. The van der Waals surface area contributed by atoms with Crippen molar-refractivity contribution in [2.75, 3.05) is 26.6 Å². The maximum absolute atomic E-state index is 11.7. The van der Waals surface area contributed by atoms with Gasteiger partial charge in [0.05, 0.1) is 6.54 Å². The van der Waals surface area contributed by atoms with Gasteiger partial charge in [-0.2, -0.15) is 0 Å². The molecule has 146 valence electrons. The minimum absolute atomic E-state index is 0.185. The summed E-state index contributed by atoms with van der Waals surface area (Å²) in [7, 11) is 0. The number of halogens is 1. The highest BCUT2D eigenvalue weighted by molar-refractivity contribution is 6.30. The molecule has 0 aliphatic carbocycles. The van der Waals surface area contributed by atoms with E-state index >= 15 is 0 Å². The fraction of sp³-hybridized carbons (Fsp3) is 0.200. The Hall–Kier alpha value is -3.19. The second kappa shape index (κ2) is 9.66. The van der Waals surface area contributed by atoms with Crippen LogP contribution in [-0.2, 0) is 14.3 Å². The Morgan fingerprint density at radius 1 is 1.11 bits per heavy atom. The average molecular weight is 404 g/mol. The Bertz CT molecular complexity index is 865. The smallest absolute Gasteiger partial charge is 0.331 e. The number of carbonyl (C=O) groups is 2. The van der Waals surface area contributed by atoms with E-state index in [9.17, 15) is 9.59 Å². The topological polar surface area (TPSA) is 83.1 Å². The Morgan fingerprint density at radius 3 is 2.71 bits per heavy atom. The Labute approximate surface area is 166 Å². The van der Waals surface area contributed by atoms with E-state index in [4.69, 9.17) is 30.5 Å². The van der Waals surface area contributed by atoms with Crippen molar-refractivity contribution in [3.63, 3.8) is 0 Å². The van der Waals surface area contributed by atoms with Crippen molar-refractivity contribution >= 4 is 29.6 Å². The highest BCUT2D eigenvalue weighted by Gasteiger charge is 2.12. The van der Waals surface area contributed by atoms with Gasteiger partial charge in [-0.05, 0) is 48.0 Å². The zero-order valence-electron chi connectivity index (χ0n) is 14.9. The molecule has 0 fully saturated rings. The van der Waals surface area contributed by atoms with Gasteiger partial charge < -0.3 is 24.3 Å². The van der Waals surface area contributed by atoms with Crippen molar-refractivity contribution in [3.8, 4) is 17.2 Å². The van der Waals surface area contributed by atoms with E-state index in [0.717, 1.165) is 5.56 Å². The number of amides is 1. The molecule has 2 aromatic rings. The molecule has 0 radical (unpaired) electrons. The fourth-order valence-electron chi connectivity index (χ4n) is 2.31. The van der Waals surface area contributed by atoms with Gasteiger partial charge in [-0.25, -0.2) is 4.79 Å². The van der Waals surface area contributed by atoms with Crippen molar-refractivity contribution in [2.45, 2.75) is 0 Å². The van der Waals surface area contributed by atoms with Crippen molar-refractivity contribution in [1.29, 1.82) is 0 Å². The average Bonchev–Trinajstić information content (AvgIpc) is 3.17. The van der Waals surface area contributed by atoms with Gasteiger partial charge in [0.15, 0.2) is 18.1 Å². The summed E-state index contributed by atoms with van der Waals surface area (Å²) in [5, 5.41) is 3.22. The molecule has 0 spiro atoms. The molecular formula is C20H18ClNO6. The van der Waals surface area contributed by atoms with Crippen LogP contribution in [-0.4, -0.2) is 38.4 Å². The minimum atomic E-state index is -0.620. The van der Waals surface area contributed by atoms with E-state index in [-0.39, 0.29) is 26.6 Å². The third kappa shape index (κ3) is 5.92. The van der Waals surface area contributed by atoms with Crippen LogP contribution in [0.3, 0.4) is 0 Å². The first-order valence-corrected chi connectivity index (χ1v) is 8.87. The quantitative estimate of drug-likeness (QED) is 0.414. The number of carbonyl (C=O) groups excluding carboxylic acids is 2. The first kappa shape index (κ1) is 19.6. The molecule has 2 aromatic carbocycles. The SMILES string of the molecule is O=C(COC(=O)/C=C/c1ccc2c(c1)OCO2)NCCOc1ccc(Cl)cc1. The molecule has 28 heavy (non-hydrogen) atoms. The van der Waals surface area contributed by atoms with Crippen LogP contribution in [0.25, 0.3) is 6.08 Å². The number of fused-ring (bicyclic) bond motifs is 1. The molecule has 1 aliphatic heterocycles. The second-order valence-corrected chi connectivity index (χ2v) is 6.14. The Balaban J connectivity index is 1.32. The fourth-order valence-corrected chi connectivity index (χ4v) is 2.43. The number of benzene rings is 2. The maximum atomic E-state index is 11.7. The molecule has 1 aliphatic rings. The summed E-state index contributed by atoms with van der Waals surface area (Å²) in [4.78, 5) is 23.4. The predicted molar refractivity (Wildman–Crippen MR) is 103 cm³/mol. The summed E-state index contributed by atoms with van der Waals surface area (Å²) in [6.45, 7) is 0.382. The van der Waals surface area contributed by atoms with Crippen LogP contribution in [0.15, 0.2) is 48.5 Å². The van der Waals surface area contributed by atoms with Gasteiger partial charge in [-0.1, -0.05) is 17.7 Å². The van der Waals surface area contributed by atoms with Gasteiger partial charge in [0.1, 0.15) is 12.4 Å². The van der Waals surface area contributed by atoms with Crippen LogP contribution in [0.2, 0.25) is 5.02 Å². The zero-order chi connectivity index (χ0) is 19.8. The van der Waals surface area contributed by atoms with Crippen LogP contribution < -0.4 is 19.5 Å². The lowest BCUT2D eigenvalue weighted by Crippen LogP contribution is -2.31. The van der Waals surface area contributed by atoms with Gasteiger partial charge in [0, 0.05) is 11.1 Å². The summed E-state index contributed by atoms with van der Waals surface area (Å²) >= 11 is 5.78. The van der Waals surface area contributed by atoms with Crippen molar-refractivity contribution in [1.82, 2.24) is 5.32 Å². The molecule has 1 amide bonds. The second-order valence-electron chi connectivity index (χ2n) is 5.71. The highest BCUT2D eigenvalue weighted by Crippen LogP contribution is 2.32. The molecule has 1 heterocycles. The van der Waals surface area contributed by atoms with Gasteiger partial charge in [-0.3, -0.25) is 4.79 Å². The lowest BCUT2D eigenvalue weighted by Gasteiger charge is -2.08. The van der Waals surface area contributed by atoms with Crippen molar-refractivity contribution < 1.29 is 28.5 Å². The van der Waals surface area contributed by atoms with Crippen LogP contribution in [0, 0.1) is 0 Å². The zero-order valence-corrected chi connectivity index (χ0v) is 15.6. The molecule has 0 aromatic heterocycles. The summed E-state index contributed by atoms with van der Waals surface area (Å²) in [6.07, 6.45) is 2.82. The van der Waals surface area contributed by atoms with Gasteiger partial charge in [0.2, 0.25) is 6.79 Å². The number of rotatable bonds is 8.